The lowest BCUT2D eigenvalue weighted by Gasteiger charge is -2.09. The summed E-state index contributed by atoms with van der Waals surface area (Å²) in [6, 6.07) is 4.44. The third-order valence-corrected chi connectivity index (χ3v) is 5.03. The minimum Gasteiger partial charge on any atom is -0.465 e. The number of thiophene rings is 1. The number of hydrogen-bond donors (Lipinski definition) is 2. The Morgan fingerprint density at radius 3 is 2.71 bits per heavy atom. The van der Waals surface area contributed by atoms with Gasteiger partial charge in [-0.25, -0.2) is 18.6 Å². The summed E-state index contributed by atoms with van der Waals surface area (Å²) in [5.74, 6) is -1.10. The summed E-state index contributed by atoms with van der Waals surface area (Å²) in [7, 11) is 1.29. The fourth-order valence-corrected chi connectivity index (χ4v) is 3.81. The Morgan fingerprint density at radius 2 is 2.07 bits per heavy atom. The van der Waals surface area contributed by atoms with Crippen molar-refractivity contribution < 1.29 is 23.1 Å². The molecular formula is C19H19F2N3O3S. The van der Waals surface area contributed by atoms with E-state index in [1.807, 2.05) is 19.2 Å². The van der Waals surface area contributed by atoms with Crippen molar-refractivity contribution >= 4 is 39.2 Å². The van der Waals surface area contributed by atoms with Crippen LogP contribution in [0, 0.1) is 5.92 Å². The number of amides is 1. The number of carbonyl (C=O) groups is 2. The van der Waals surface area contributed by atoms with Crippen LogP contribution >= 0.6 is 11.3 Å². The molecule has 0 saturated carbocycles. The highest BCUT2D eigenvalue weighted by molar-refractivity contribution is 7.15. The fourth-order valence-electron chi connectivity index (χ4n) is 2.85. The lowest BCUT2D eigenvalue weighted by atomic mass is 10.0. The van der Waals surface area contributed by atoms with Crippen LogP contribution in [0.4, 0.5) is 13.8 Å². The first-order valence-corrected chi connectivity index (χ1v) is 9.46. The van der Waals surface area contributed by atoms with E-state index in [4.69, 9.17) is 4.74 Å². The lowest BCUT2D eigenvalue weighted by Crippen LogP contribution is -2.15. The first-order valence-electron chi connectivity index (χ1n) is 8.58. The number of alkyl halides is 2. The molecule has 0 atom stereocenters. The van der Waals surface area contributed by atoms with Crippen molar-refractivity contribution in [3.63, 3.8) is 0 Å². The van der Waals surface area contributed by atoms with Gasteiger partial charge in [-0.15, -0.1) is 11.3 Å². The molecule has 1 aromatic carbocycles. The molecule has 0 saturated heterocycles. The van der Waals surface area contributed by atoms with Crippen molar-refractivity contribution in [3.05, 3.63) is 46.1 Å². The van der Waals surface area contributed by atoms with Crippen molar-refractivity contribution in [2.24, 2.45) is 5.92 Å². The zero-order valence-electron chi connectivity index (χ0n) is 15.5. The van der Waals surface area contributed by atoms with Crippen LogP contribution in [0.1, 0.15) is 52.4 Å². The highest BCUT2D eigenvalue weighted by atomic mass is 32.1. The number of ether oxygens (including phenoxy) is 1. The number of carbonyl (C=O) groups excluding carboxylic acids is 2. The summed E-state index contributed by atoms with van der Waals surface area (Å²) in [6.07, 6.45) is -2.05. The van der Waals surface area contributed by atoms with Gasteiger partial charge in [-0.1, -0.05) is 13.8 Å². The van der Waals surface area contributed by atoms with Gasteiger partial charge in [0.15, 0.2) is 5.82 Å². The number of nitrogens with one attached hydrogen (secondary N) is 2. The van der Waals surface area contributed by atoms with E-state index in [9.17, 15) is 18.4 Å². The second kappa shape index (κ2) is 8.05. The molecule has 1 amide bonds. The maximum atomic E-state index is 12.8. The third kappa shape index (κ3) is 4.04. The van der Waals surface area contributed by atoms with Crippen molar-refractivity contribution in [2.45, 2.75) is 26.7 Å². The van der Waals surface area contributed by atoms with Crippen molar-refractivity contribution in [1.82, 2.24) is 9.97 Å². The molecule has 3 aromatic rings. The SMILES string of the molecule is COC(=O)c1c(CC(C)C)csc1NC(=O)c1ccc2nc(C(F)F)[nH]c2c1. The number of hydrogen-bond acceptors (Lipinski definition) is 5. The number of imidazole rings is 1. The summed E-state index contributed by atoms with van der Waals surface area (Å²) in [6.45, 7) is 4.06. The molecule has 3 rings (SSSR count). The Hall–Kier alpha value is -2.81. The molecule has 9 heteroatoms. The van der Waals surface area contributed by atoms with E-state index in [-0.39, 0.29) is 5.56 Å². The molecule has 0 unspecified atom stereocenters. The maximum absolute atomic E-state index is 12.8. The number of aromatic nitrogens is 2. The molecule has 0 aliphatic heterocycles. The van der Waals surface area contributed by atoms with Crippen LogP contribution in [0.5, 0.6) is 0 Å². The van der Waals surface area contributed by atoms with Gasteiger partial charge in [-0.3, -0.25) is 4.79 Å². The van der Waals surface area contributed by atoms with Gasteiger partial charge in [-0.2, -0.15) is 0 Å². The number of anilines is 1. The highest BCUT2D eigenvalue weighted by Gasteiger charge is 2.22. The Morgan fingerprint density at radius 1 is 1.32 bits per heavy atom. The van der Waals surface area contributed by atoms with Crippen LogP contribution in [0.25, 0.3) is 11.0 Å². The second-order valence-electron chi connectivity index (χ2n) is 6.66. The quantitative estimate of drug-likeness (QED) is 0.575. The predicted octanol–water partition coefficient (Wildman–Crippen LogP) is 4.80. The van der Waals surface area contributed by atoms with Crippen LogP contribution in [0.2, 0.25) is 0 Å². The fraction of sp³-hybridized carbons (Fsp3) is 0.316. The molecule has 0 aliphatic rings. The molecule has 2 aromatic heterocycles. The Kier molecular flexibility index (Phi) is 5.73. The van der Waals surface area contributed by atoms with Crippen LogP contribution in [-0.4, -0.2) is 29.0 Å². The minimum absolute atomic E-state index is 0.256. The Balaban J connectivity index is 1.89. The summed E-state index contributed by atoms with van der Waals surface area (Å²) < 4.78 is 30.4. The van der Waals surface area contributed by atoms with Crippen LogP contribution in [-0.2, 0) is 11.2 Å². The molecule has 6 nitrogen and oxygen atoms in total. The van der Waals surface area contributed by atoms with Gasteiger partial charge in [0, 0.05) is 5.56 Å². The third-order valence-electron chi connectivity index (χ3n) is 4.08. The van der Waals surface area contributed by atoms with Gasteiger partial charge < -0.3 is 15.0 Å². The minimum atomic E-state index is -2.72. The van der Waals surface area contributed by atoms with E-state index < -0.39 is 24.1 Å². The molecule has 28 heavy (non-hydrogen) atoms. The zero-order chi connectivity index (χ0) is 20.4. The average molecular weight is 407 g/mol. The smallest absolute Gasteiger partial charge is 0.341 e. The van der Waals surface area contributed by atoms with E-state index in [2.05, 4.69) is 15.3 Å². The highest BCUT2D eigenvalue weighted by Crippen LogP contribution is 2.31. The first-order chi connectivity index (χ1) is 13.3. The molecular weight excluding hydrogens is 388 g/mol. The van der Waals surface area contributed by atoms with Crippen molar-refractivity contribution in [3.8, 4) is 0 Å². The molecule has 0 radical (unpaired) electrons. The normalized spacial score (nSPS) is 11.4. The first kappa shape index (κ1) is 19.9. The average Bonchev–Trinajstić information content (AvgIpc) is 3.24. The molecule has 0 bridgehead atoms. The summed E-state index contributed by atoms with van der Waals surface area (Å²) in [4.78, 5) is 31.1. The van der Waals surface area contributed by atoms with Gasteiger partial charge >= 0.3 is 5.97 Å². The Bertz CT molecular complexity index is 1030. The maximum Gasteiger partial charge on any atom is 0.341 e. The Labute approximate surface area is 163 Å². The van der Waals surface area contributed by atoms with E-state index >= 15 is 0 Å². The molecule has 0 aliphatic carbocycles. The summed E-state index contributed by atoms with van der Waals surface area (Å²) in [5.41, 5.74) is 2.09. The molecule has 0 spiro atoms. The van der Waals surface area contributed by atoms with E-state index in [1.54, 1.807) is 0 Å². The number of benzene rings is 1. The van der Waals surface area contributed by atoms with Crippen molar-refractivity contribution in [2.75, 3.05) is 12.4 Å². The van der Waals surface area contributed by atoms with Gasteiger partial charge in [0.1, 0.15) is 5.00 Å². The topological polar surface area (TPSA) is 84.1 Å². The van der Waals surface area contributed by atoms with Gasteiger partial charge in [-0.05, 0) is 41.5 Å². The molecule has 148 valence electrons. The lowest BCUT2D eigenvalue weighted by molar-refractivity contribution is 0.0601. The number of halogens is 2. The number of nitrogens with zero attached hydrogens (tertiary/aromatic N) is 1. The largest absolute Gasteiger partial charge is 0.465 e. The summed E-state index contributed by atoms with van der Waals surface area (Å²) >= 11 is 1.24. The number of rotatable bonds is 6. The van der Waals surface area contributed by atoms with Crippen LogP contribution < -0.4 is 5.32 Å². The van der Waals surface area contributed by atoms with Crippen LogP contribution in [0.3, 0.4) is 0 Å². The number of aromatic amines is 1. The molecule has 0 fully saturated rings. The van der Waals surface area contributed by atoms with Crippen molar-refractivity contribution in [1.29, 1.82) is 0 Å². The predicted molar refractivity (Wildman–Crippen MR) is 103 cm³/mol. The second-order valence-corrected chi connectivity index (χ2v) is 7.54. The zero-order valence-corrected chi connectivity index (χ0v) is 16.3. The molecule has 2 heterocycles. The summed E-state index contributed by atoms with van der Waals surface area (Å²) in [5, 5.41) is 4.95. The number of methoxy groups -OCH3 is 1. The number of esters is 1. The van der Waals surface area contributed by atoms with E-state index in [1.165, 1.54) is 36.6 Å². The number of H-pyrrole nitrogens is 1. The van der Waals surface area contributed by atoms with E-state index in [0.29, 0.717) is 33.9 Å². The van der Waals surface area contributed by atoms with E-state index in [0.717, 1.165) is 5.56 Å². The van der Waals surface area contributed by atoms with Crippen LogP contribution in [0.15, 0.2) is 23.6 Å². The van der Waals surface area contributed by atoms with Gasteiger partial charge in [0.2, 0.25) is 0 Å². The van der Waals surface area contributed by atoms with Gasteiger partial charge in [0.05, 0.1) is 23.7 Å². The van der Waals surface area contributed by atoms with Gasteiger partial charge in [0.25, 0.3) is 12.3 Å². The monoisotopic (exact) mass is 407 g/mol. The standard InChI is InChI=1S/C19H19F2N3O3S/c1-9(2)6-11-8-28-18(14(11)19(26)27-3)24-17(25)10-4-5-12-13(7-10)23-16(22-12)15(20)21/h4-5,7-9,15H,6H2,1-3H3,(H,22,23)(H,24,25). The molecule has 2 N–H and O–H groups in total. The number of fused-ring (bicyclic) bond motifs is 1.